The molecular weight excluding hydrogens is 284 g/mol. The summed E-state index contributed by atoms with van der Waals surface area (Å²) in [5.41, 5.74) is 2.21. The number of allylic oxidation sites excluding steroid dienone is 2. The summed E-state index contributed by atoms with van der Waals surface area (Å²) < 4.78 is 10.7. The Kier molecular flexibility index (Phi) is 5.35. The number of carbonyl (C=O) groups is 1. The van der Waals surface area contributed by atoms with E-state index in [4.69, 9.17) is 9.47 Å². The Bertz CT molecular complexity index is 420. The predicted octanol–water partition coefficient (Wildman–Crippen LogP) is 3.21. The summed E-state index contributed by atoms with van der Waals surface area (Å²) >= 11 is 0. The highest BCUT2D eigenvalue weighted by Gasteiger charge is 2.42. The molecule has 0 aromatic carbocycles. The van der Waals surface area contributed by atoms with Gasteiger partial charge in [-0.1, -0.05) is 39.3 Å². The third kappa shape index (κ3) is 3.39. The lowest BCUT2D eigenvalue weighted by Crippen LogP contribution is -2.35. The maximum absolute atomic E-state index is 13.0. The number of methoxy groups -OCH3 is 2. The van der Waals surface area contributed by atoms with E-state index in [0.717, 1.165) is 21.5 Å². The molecule has 20 heavy (non-hydrogen) atoms. The number of hydrogen-bond acceptors (Lipinski definition) is 3. The first-order valence-electron chi connectivity index (χ1n) is 7.06. The van der Waals surface area contributed by atoms with Crippen LogP contribution in [0.15, 0.2) is 21.5 Å². The first kappa shape index (κ1) is 17.6. The summed E-state index contributed by atoms with van der Waals surface area (Å²) in [5, 5.41) is 2.09. The Morgan fingerprint density at radius 2 is 1.05 bits per heavy atom. The minimum atomic E-state index is -1.70. The van der Waals surface area contributed by atoms with Crippen molar-refractivity contribution in [1.82, 2.24) is 0 Å². The van der Waals surface area contributed by atoms with E-state index in [1.54, 1.807) is 14.2 Å². The van der Waals surface area contributed by atoms with Crippen LogP contribution in [0.1, 0.15) is 0 Å². The molecule has 0 spiro atoms. The van der Waals surface area contributed by atoms with Gasteiger partial charge in [0.1, 0.15) is 0 Å². The molecule has 0 aromatic rings. The van der Waals surface area contributed by atoms with Crippen LogP contribution in [0, 0.1) is 0 Å². The van der Waals surface area contributed by atoms with Crippen molar-refractivity contribution in [1.29, 1.82) is 0 Å². The average Bonchev–Trinajstić information content (AvgIpc) is 2.51. The van der Waals surface area contributed by atoms with Crippen molar-refractivity contribution in [3.63, 3.8) is 0 Å². The highest BCUT2D eigenvalue weighted by Crippen LogP contribution is 2.39. The standard InChI is InChI=1S/C15H28O3Si2/c1-17-9-11-12(10-18-2)15(20(6,7)8)13(16)14(11)19(3,4)5/h9-10H2,1-8H3. The van der Waals surface area contributed by atoms with Crippen molar-refractivity contribution < 1.29 is 14.3 Å². The molecule has 0 unspecified atom stereocenters. The largest absolute Gasteiger partial charge is 0.380 e. The molecule has 0 saturated heterocycles. The molecule has 0 heterocycles. The predicted molar refractivity (Wildman–Crippen MR) is 89.5 cm³/mol. The van der Waals surface area contributed by atoms with Gasteiger partial charge in [-0.05, 0) is 21.5 Å². The molecule has 0 aromatic heterocycles. The lowest BCUT2D eigenvalue weighted by molar-refractivity contribution is -0.111. The number of ether oxygens (including phenoxy) is 2. The first-order valence-corrected chi connectivity index (χ1v) is 14.1. The van der Waals surface area contributed by atoms with Gasteiger partial charge >= 0.3 is 0 Å². The Labute approximate surface area is 125 Å². The lowest BCUT2D eigenvalue weighted by Gasteiger charge is -2.22. The smallest absolute Gasteiger partial charge is 0.177 e. The van der Waals surface area contributed by atoms with E-state index in [1.165, 1.54) is 0 Å². The van der Waals surface area contributed by atoms with Crippen LogP contribution in [0.25, 0.3) is 0 Å². The van der Waals surface area contributed by atoms with Crippen LogP contribution in [-0.2, 0) is 14.3 Å². The fourth-order valence-corrected chi connectivity index (χ4v) is 6.89. The van der Waals surface area contributed by atoms with Crippen molar-refractivity contribution in [2.45, 2.75) is 39.3 Å². The van der Waals surface area contributed by atoms with Gasteiger partial charge in [-0.2, -0.15) is 0 Å². The van der Waals surface area contributed by atoms with Crippen molar-refractivity contribution in [2.24, 2.45) is 0 Å². The Morgan fingerprint density at radius 3 is 1.25 bits per heavy atom. The number of Topliss-reactive ketones (excluding diaryl/α,β-unsaturated/α-hetero) is 1. The molecule has 0 saturated carbocycles. The topological polar surface area (TPSA) is 35.5 Å². The minimum absolute atomic E-state index is 0.280. The molecule has 0 atom stereocenters. The molecule has 5 heteroatoms. The van der Waals surface area contributed by atoms with Crippen LogP contribution in [0.4, 0.5) is 0 Å². The maximum Gasteiger partial charge on any atom is 0.177 e. The Morgan fingerprint density at radius 1 is 0.750 bits per heavy atom. The average molecular weight is 313 g/mol. The summed E-state index contributed by atoms with van der Waals surface area (Å²) in [6.45, 7) is 14.4. The molecule has 1 aliphatic rings. The zero-order valence-corrected chi connectivity index (χ0v) is 16.1. The minimum Gasteiger partial charge on any atom is -0.380 e. The Balaban J connectivity index is 3.52. The van der Waals surface area contributed by atoms with E-state index < -0.39 is 16.1 Å². The van der Waals surface area contributed by atoms with Gasteiger partial charge in [0.05, 0.1) is 29.4 Å². The highest BCUT2D eigenvalue weighted by atomic mass is 28.3. The second-order valence-corrected chi connectivity index (χ2v) is 17.4. The maximum atomic E-state index is 13.0. The molecule has 0 aliphatic heterocycles. The van der Waals surface area contributed by atoms with Gasteiger partial charge in [-0.3, -0.25) is 4.79 Å². The van der Waals surface area contributed by atoms with E-state index in [1.807, 2.05) is 0 Å². The second kappa shape index (κ2) is 6.09. The van der Waals surface area contributed by atoms with Gasteiger partial charge < -0.3 is 9.47 Å². The molecule has 0 amide bonds. The summed E-state index contributed by atoms with van der Waals surface area (Å²) in [7, 11) is -0.0263. The summed E-state index contributed by atoms with van der Waals surface area (Å²) in [6, 6.07) is 0. The summed E-state index contributed by atoms with van der Waals surface area (Å²) in [4.78, 5) is 13.0. The van der Waals surface area contributed by atoms with Crippen LogP contribution < -0.4 is 0 Å². The lowest BCUT2D eigenvalue weighted by atomic mass is 10.1. The first-order chi connectivity index (χ1) is 9.05. The van der Waals surface area contributed by atoms with Crippen LogP contribution in [0.3, 0.4) is 0 Å². The zero-order valence-electron chi connectivity index (χ0n) is 14.1. The van der Waals surface area contributed by atoms with Gasteiger partial charge in [0, 0.05) is 14.2 Å². The fourth-order valence-electron chi connectivity index (χ4n) is 2.89. The SMILES string of the molecule is COCC1=C([Si](C)(C)C)C(=O)C([Si](C)(C)C)=C1COC. The summed E-state index contributed by atoms with van der Waals surface area (Å²) in [5.74, 6) is 0.280. The molecule has 114 valence electrons. The van der Waals surface area contributed by atoms with Gasteiger partial charge in [-0.15, -0.1) is 0 Å². The van der Waals surface area contributed by atoms with E-state index in [9.17, 15) is 4.79 Å². The zero-order chi connectivity index (χ0) is 15.7. The van der Waals surface area contributed by atoms with Crippen LogP contribution in [0.2, 0.25) is 39.3 Å². The van der Waals surface area contributed by atoms with Gasteiger partial charge in [0.25, 0.3) is 0 Å². The number of ketones is 1. The Hall–Kier alpha value is -0.496. The summed E-state index contributed by atoms with van der Waals surface area (Å²) in [6.07, 6.45) is 0. The van der Waals surface area contributed by atoms with Crippen LogP contribution >= 0.6 is 0 Å². The van der Waals surface area contributed by atoms with Gasteiger partial charge in [0.15, 0.2) is 5.78 Å². The number of hydrogen-bond donors (Lipinski definition) is 0. The molecule has 0 fully saturated rings. The van der Waals surface area contributed by atoms with Gasteiger partial charge in [-0.25, -0.2) is 0 Å². The van der Waals surface area contributed by atoms with Crippen molar-refractivity contribution in [3.8, 4) is 0 Å². The van der Waals surface area contributed by atoms with E-state index in [-0.39, 0.29) is 5.78 Å². The van der Waals surface area contributed by atoms with Crippen molar-refractivity contribution >= 4 is 21.9 Å². The second-order valence-electron chi connectivity index (χ2n) is 7.40. The molecule has 1 aliphatic carbocycles. The monoisotopic (exact) mass is 312 g/mol. The number of rotatable bonds is 6. The van der Waals surface area contributed by atoms with Gasteiger partial charge in [0.2, 0.25) is 0 Å². The third-order valence-corrected chi connectivity index (χ3v) is 7.56. The normalized spacial score (nSPS) is 17.5. The van der Waals surface area contributed by atoms with E-state index in [0.29, 0.717) is 13.2 Å². The van der Waals surface area contributed by atoms with Crippen molar-refractivity contribution in [2.75, 3.05) is 27.4 Å². The molecule has 3 nitrogen and oxygen atoms in total. The third-order valence-electron chi connectivity index (χ3n) is 3.50. The van der Waals surface area contributed by atoms with Crippen LogP contribution in [-0.4, -0.2) is 49.4 Å². The van der Waals surface area contributed by atoms with E-state index in [2.05, 4.69) is 39.3 Å². The quantitative estimate of drug-likeness (QED) is 0.707. The van der Waals surface area contributed by atoms with Crippen molar-refractivity contribution in [3.05, 3.63) is 21.5 Å². The molecule has 0 N–H and O–H groups in total. The molecule has 1 rings (SSSR count). The van der Waals surface area contributed by atoms with E-state index >= 15 is 0 Å². The molecular formula is C15H28O3Si2. The molecule has 0 radical (unpaired) electrons. The molecule has 0 bridgehead atoms. The fraction of sp³-hybridized carbons (Fsp3) is 0.667. The highest BCUT2D eigenvalue weighted by molar-refractivity contribution is 6.94. The van der Waals surface area contributed by atoms with Crippen LogP contribution in [0.5, 0.6) is 0 Å². The number of carbonyl (C=O) groups excluding carboxylic acids is 1.